The Morgan fingerprint density at radius 3 is 2.60 bits per heavy atom. The van der Waals surface area contributed by atoms with Crippen molar-refractivity contribution in [2.75, 3.05) is 5.75 Å². The van der Waals surface area contributed by atoms with Gasteiger partial charge in [0.15, 0.2) is 5.58 Å². The average Bonchev–Trinajstić information content (AvgIpc) is 2.92. The van der Waals surface area contributed by atoms with Gasteiger partial charge in [0.1, 0.15) is 5.52 Å². The highest BCUT2D eigenvalue weighted by Crippen LogP contribution is 2.23. The molecular formula is C15H12N2O2S. The van der Waals surface area contributed by atoms with E-state index in [1.165, 1.54) is 11.8 Å². The van der Waals surface area contributed by atoms with Crippen LogP contribution >= 0.6 is 11.8 Å². The summed E-state index contributed by atoms with van der Waals surface area (Å²) in [6.45, 7) is 0. The van der Waals surface area contributed by atoms with Gasteiger partial charge in [-0.15, -0.1) is 0 Å². The van der Waals surface area contributed by atoms with Gasteiger partial charge < -0.3 is 9.62 Å². The van der Waals surface area contributed by atoms with E-state index in [1.54, 1.807) is 0 Å². The quantitative estimate of drug-likeness (QED) is 0.342. The molecule has 2 aromatic carbocycles. The van der Waals surface area contributed by atoms with Gasteiger partial charge in [-0.1, -0.05) is 59.4 Å². The second kappa shape index (κ2) is 5.79. The van der Waals surface area contributed by atoms with Crippen molar-refractivity contribution in [2.45, 2.75) is 5.22 Å². The molecule has 0 fully saturated rings. The number of hydrogen-bond donors (Lipinski definition) is 1. The van der Waals surface area contributed by atoms with Gasteiger partial charge >= 0.3 is 0 Å². The lowest BCUT2D eigenvalue weighted by molar-refractivity contribution is 0.319. The third kappa shape index (κ3) is 2.67. The number of para-hydroxylation sites is 2. The van der Waals surface area contributed by atoms with Crippen LogP contribution in [0.25, 0.3) is 11.1 Å². The van der Waals surface area contributed by atoms with Crippen molar-refractivity contribution in [3.63, 3.8) is 0 Å². The van der Waals surface area contributed by atoms with E-state index < -0.39 is 0 Å². The molecule has 0 saturated carbocycles. The fourth-order valence-corrected chi connectivity index (χ4v) is 2.64. The number of rotatable bonds is 4. The van der Waals surface area contributed by atoms with Crippen LogP contribution < -0.4 is 0 Å². The van der Waals surface area contributed by atoms with Gasteiger partial charge in [0.25, 0.3) is 5.22 Å². The summed E-state index contributed by atoms with van der Waals surface area (Å²) in [5.74, 6) is 0.493. The highest BCUT2D eigenvalue weighted by molar-refractivity contribution is 7.99. The van der Waals surface area contributed by atoms with Crippen LogP contribution in [0.1, 0.15) is 5.56 Å². The molecule has 0 saturated heterocycles. The number of benzene rings is 2. The number of oxazole rings is 1. The van der Waals surface area contributed by atoms with Gasteiger partial charge in [-0.2, -0.15) is 0 Å². The summed E-state index contributed by atoms with van der Waals surface area (Å²) in [5, 5.41) is 13.0. The Kier molecular flexibility index (Phi) is 3.69. The monoisotopic (exact) mass is 284 g/mol. The Hall–Kier alpha value is -2.27. The summed E-state index contributed by atoms with van der Waals surface area (Å²) in [5.41, 5.74) is 3.07. The Balaban J connectivity index is 1.75. The molecule has 0 atom stereocenters. The van der Waals surface area contributed by atoms with Crippen LogP contribution in [0.2, 0.25) is 0 Å². The summed E-state index contributed by atoms with van der Waals surface area (Å²) in [6.07, 6.45) is 0. The molecule has 0 aliphatic carbocycles. The first kappa shape index (κ1) is 12.7. The minimum Gasteiger partial charge on any atom is -0.431 e. The second-order valence-electron chi connectivity index (χ2n) is 4.15. The van der Waals surface area contributed by atoms with E-state index >= 15 is 0 Å². The molecule has 4 nitrogen and oxygen atoms in total. The predicted octanol–water partition coefficient (Wildman–Crippen LogP) is 3.80. The molecule has 0 aliphatic rings. The smallest absolute Gasteiger partial charge is 0.257 e. The van der Waals surface area contributed by atoms with E-state index in [-0.39, 0.29) is 0 Å². The number of fused-ring (bicyclic) bond motifs is 1. The summed E-state index contributed by atoms with van der Waals surface area (Å²) >= 11 is 1.41. The molecule has 0 amide bonds. The van der Waals surface area contributed by atoms with Crippen molar-refractivity contribution in [1.29, 1.82) is 0 Å². The first-order valence-electron chi connectivity index (χ1n) is 6.11. The Morgan fingerprint density at radius 1 is 1.10 bits per heavy atom. The van der Waals surface area contributed by atoms with Gasteiger partial charge in [0, 0.05) is 11.3 Å². The molecule has 5 heteroatoms. The van der Waals surface area contributed by atoms with E-state index in [2.05, 4.69) is 10.1 Å². The average molecular weight is 284 g/mol. The van der Waals surface area contributed by atoms with Crippen molar-refractivity contribution >= 4 is 28.6 Å². The predicted molar refractivity (Wildman–Crippen MR) is 79.5 cm³/mol. The Labute approximate surface area is 120 Å². The molecule has 100 valence electrons. The van der Waals surface area contributed by atoms with Crippen molar-refractivity contribution in [3.8, 4) is 0 Å². The van der Waals surface area contributed by atoms with Crippen LogP contribution in [0.5, 0.6) is 0 Å². The third-order valence-electron chi connectivity index (χ3n) is 2.83. The molecule has 1 aromatic heterocycles. The van der Waals surface area contributed by atoms with E-state index in [0.717, 1.165) is 16.7 Å². The Morgan fingerprint density at radius 2 is 1.85 bits per heavy atom. The maximum absolute atomic E-state index is 9.12. The van der Waals surface area contributed by atoms with Crippen LogP contribution in [0.15, 0.2) is 69.4 Å². The number of thioether (sulfide) groups is 1. The standard InChI is InChI=1S/C15H12N2O2S/c18-17-13(11-6-2-1-3-7-11)10-20-15-16-12-8-4-5-9-14(12)19-15/h1-9,18H,10H2/b17-13-. The summed E-state index contributed by atoms with van der Waals surface area (Å²) in [4.78, 5) is 4.37. The van der Waals surface area contributed by atoms with Gasteiger partial charge in [0.05, 0.1) is 5.71 Å². The van der Waals surface area contributed by atoms with Crippen LogP contribution in [-0.4, -0.2) is 21.7 Å². The zero-order chi connectivity index (χ0) is 13.8. The van der Waals surface area contributed by atoms with Crippen molar-refractivity contribution in [1.82, 2.24) is 4.98 Å². The fourth-order valence-electron chi connectivity index (χ4n) is 1.84. The lowest BCUT2D eigenvalue weighted by Crippen LogP contribution is -2.04. The first-order valence-corrected chi connectivity index (χ1v) is 7.10. The summed E-state index contributed by atoms with van der Waals surface area (Å²) in [6, 6.07) is 17.2. The Bertz CT molecular complexity index is 705. The number of nitrogens with zero attached hydrogens (tertiary/aromatic N) is 2. The highest BCUT2D eigenvalue weighted by atomic mass is 32.2. The van der Waals surface area contributed by atoms with Crippen molar-refractivity contribution in [3.05, 3.63) is 60.2 Å². The van der Waals surface area contributed by atoms with Crippen molar-refractivity contribution < 1.29 is 9.62 Å². The lowest BCUT2D eigenvalue weighted by Gasteiger charge is -2.01. The number of aromatic nitrogens is 1. The maximum Gasteiger partial charge on any atom is 0.257 e. The second-order valence-corrected chi connectivity index (χ2v) is 5.08. The van der Waals surface area contributed by atoms with Crippen molar-refractivity contribution in [2.24, 2.45) is 5.16 Å². The summed E-state index contributed by atoms with van der Waals surface area (Å²) in [7, 11) is 0. The molecule has 3 rings (SSSR count). The zero-order valence-electron chi connectivity index (χ0n) is 10.6. The van der Waals surface area contributed by atoms with Crippen LogP contribution in [-0.2, 0) is 0 Å². The van der Waals surface area contributed by atoms with Gasteiger partial charge in [-0.05, 0) is 12.1 Å². The molecule has 0 spiro atoms. The molecule has 1 N–H and O–H groups in total. The molecule has 3 aromatic rings. The van der Waals surface area contributed by atoms with Crippen LogP contribution in [0, 0.1) is 0 Å². The molecule has 0 unspecified atom stereocenters. The zero-order valence-corrected chi connectivity index (χ0v) is 11.4. The first-order chi connectivity index (χ1) is 9.86. The lowest BCUT2D eigenvalue weighted by atomic mass is 10.1. The van der Waals surface area contributed by atoms with Gasteiger partial charge in [-0.3, -0.25) is 0 Å². The molecule has 1 heterocycles. The van der Waals surface area contributed by atoms with Crippen LogP contribution in [0.4, 0.5) is 0 Å². The van der Waals surface area contributed by atoms with E-state index in [0.29, 0.717) is 16.7 Å². The van der Waals surface area contributed by atoms with Gasteiger partial charge in [0.2, 0.25) is 0 Å². The van der Waals surface area contributed by atoms with Crippen LogP contribution in [0.3, 0.4) is 0 Å². The maximum atomic E-state index is 9.12. The van der Waals surface area contributed by atoms with E-state index in [1.807, 2.05) is 54.6 Å². The molecule has 0 aliphatic heterocycles. The van der Waals surface area contributed by atoms with Gasteiger partial charge in [-0.25, -0.2) is 4.98 Å². The molecular weight excluding hydrogens is 272 g/mol. The number of oxime groups is 1. The van der Waals surface area contributed by atoms with E-state index in [4.69, 9.17) is 9.62 Å². The molecule has 0 radical (unpaired) electrons. The van der Waals surface area contributed by atoms with E-state index in [9.17, 15) is 0 Å². The minimum absolute atomic E-state index is 0.493. The topological polar surface area (TPSA) is 58.6 Å². The molecule has 20 heavy (non-hydrogen) atoms. The minimum atomic E-state index is 0.493. The fraction of sp³-hybridized carbons (Fsp3) is 0.0667. The normalized spacial score (nSPS) is 11.9. The highest BCUT2D eigenvalue weighted by Gasteiger charge is 2.09. The third-order valence-corrected chi connectivity index (χ3v) is 3.67. The largest absolute Gasteiger partial charge is 0.431 e. The summed E-state index contributed by atoms with van der Waals surface area (Å²) < 4.78 is 5.61. The molecule has 0 bridgehead atoms. The number of hydrogen-bond acceptors (Lipinski definition) is 5. The SMILES string of the molecule is O/N=C(/CSc1nc2ccccc2o1)c1ccccc1.